The molecule has 5 nitrogen and oxygen atoms in total. The predicted molar refractivity (Wildman–Crippen MR) is 34.7 cm³/mol. The second-order valence-corrected chi connectivity index (χ2v) is 1.78. The molecule has 11 heavy (non-hydrogen) atoms. The predicted octanol–water partition coefficient (Wildman–Crippen LogP) is -1.53. The molecule has 0 saturated carbocycles. The number of ketones is 1. The zero-order valence-electron chi connectivity index (χ0n) is 6.11. The van der Waals surface area contributed by atoms with E-state index in [-0.39, 0.29) is 6.61 Å². The zero-order valence-corrected chi connectivity index (χ0v) is 6.11. The lowest BCUT2D eigenvalue weighted by Crippen LogP contribution is -2.33. The monoisotopic (exact) mass is 162 g/mol. The summed E-state index contributed by atoms with van der Waals surface area (Å²) in [5.41, 5.74) is 0. The van der Waals surface area contributed by atoms with E-state index in [4.69, 9.17) is 10.2 Å². The van der Waals surface area contributed by atoms with Crippen LogP contribution in [0.4, 0.5) is 0 Å². The third-order valence-electron chi connectivity index (χ3n) is 0.971. The fourth-order valence-corrected chi connectivity index (χ4v) is 0.439. The molecule has 0 aromatic carbocycles. The first-order chi connectivity index (χ1) is 5.13. The number of esters is 1. The first-order valence-electron chi connectivity index (χ1n) is 3.11. The van der Waals surface area contributed by atoms with Crippen LogP contribution in [0.1, 0.15) is 6.92 Å². The van der Waals surface area contributed by atoms with E-state index in [2.05, 4.69) is 4.74 Å². The Kier molecular flexibility index (Phi) is 4.40. The molecule has 0 radical (unpaired) electrons. The van der Waals surface area contributed by atoms with Crippen molar-refractivity contribution in [2.45, 2.75) is 13.0 Å². The zero-order chi connectivity index (χ0) is 8.85. The number of carbonyl (C=O) groups is 2. The molecule has 0 saturated heterocycles. The summed E-state index contributed by atoms with van der Waals surface area (Å²) < 4.78 is 4.31. The molecule has 0 aromatic heterocycles. The molecule has 0 aliphatic rings. The molecule has 2 N–H and O–H groups in total. The van der Waals surface area contributed by atoms with Crippen LogP contribution in [-0.2, 0) is 14.3 Å². The van der Waals surface area contributed by atoms with Crippen LogP contribution < -0.4 is 0 Å². The van der Waals surface area contributed by atoms with Gasteiger partial charge in [0.2, 0.25) is 6.10 Å². The van der Waals surface area contributed by atoms with Crippen LogP contribution in [0.25, 0.3) is 0 Å². The van der Waals surface area contributed by atoms with Crippen molar-refractivity contribution < 1.29 is 24.5 Å². The van der Waals surface area contributed by atoms with E-state index in [0.29, 0.717) is 0 Å². The van der Waals surface area contributed by atoms with Gasteiger partial charge in [0.1, 0.15) is 6.61 Å². The third-order valence-corrected chi connectivity index (χ3v) is 0.971. The Hall–Kier alpha value is -0.940. The highest BCUT2D eigenvalue weighted by atomic mass is 16.5. The Balaban J connectivity index is 3.91. The summed E-state index contributed by atoms with van der Waals surface area (Å²) in [4.78, 5) is 21.0. The number of hydrogen-bond donors (Lipinski definition) is 2. The normalized spacial score (nSPS) is 12.3. The third kappa shape index (κ3) is 3.10. The second kappa shape index (κ2) is 4.81. The largest absolute Gasteiger partial charge is 0.464 e. The van der Waals surface area contributed by atoms with Gasteiger partial charge < -0.3 is 14.9 Å². The van der Waals surface area contributed by atoms with Gasteiger partial charge in [-0.15, -0.1) is 0 Å². The summed E-state index contributed by atoms with van der Waals surface area (Å²) in [6, 6.07) is 0. The number of Topliss-reactive ketones (excluding diaryl/α,β-unsaturated/α-hetero) is 1. The number of hydrogen-bond acceptors (Lipinski definition) is 5. The van der Waals surface area contributed by atoms with E-state index < -0.39 is 24.5 Å². The molecule has 0 fully saturated rings. The van der Waals surface area contributed by atoms with Crippen molar-refractivity contribution in [1.29, 1.82) is 0 Å². The molecule has 0 heterocycles. The molecule has 0 aliphatic heterocycles. The second-order valence-electron chi connectivity index (χ2n) is 1.78. The van der Waals surface area contributed by atoms with E-state index in [0.717, 1.165) is 0 Å². The Morgan fingerprint density at radius 3 is 2.45 bits per heavy atom. The summed E-state index contributed by atoms with van der Waals surface area (Å²) in [5.74, 6) is -1.98. The highest BCUT2D eigenvalue weighted by molar-refractivity contribution is 6.02. The van der Waals surface area contributed by atoms with Gasteiger partial charge >= 0.3 is 5.97 Å². The van der Waals surface area contributed by atoms with Gasteiger partial charge in [0.05, 0.1) is 6.61 Å². The van der Waals surface area contributed by atoms with Gasteiger partial charge in [-0.3, -0.25) is 4.79 Å². The van der Waals surface area contributed by atoms with Crippen molar-refractivity contribution in [2.75, 3.05) is 13.2 Å². The molecular formula is C6H10O5. The van der Waals surface area contributed by atoms with E-state index in [1.807, 2.05) is 0 Å². The first kappa shape index (κ1) is 10.1. The van der Waals surface area contributed by atoms with Crippen LogP contribution in [-0.4, -0.2) is 41.3 Å². The number of aliphatic hydroxyl groups is 2. The van der Waals surface area contributed by atoms with Crippen LogP contribution in [0.15, 0.2) is 0 Å². The van der Waals surface area contributed by atoms with E-state index in [9.17, 15) is 9.59 Å². The molecule has 1 atom stereocenters. The van der Waals surface area contributed by atoms with E-state index in [1.165, 1.54) is 0 Å². The smallest absolute Gasteiger partial charge is 0.342 e. The van der Waals surface area contributed by atoms with Crippen LogP contribution >= 0.6 is 0 Å². The molecule has 0 rings (SSSR count). The van der Waals surface area contributed by atoms with Crippen molar-refractivity contribution in [1.82, 2.24) is 0 Å². The van der Waals surface area contributed by atoms with Gasteiger partial charge in [-0.25, -0.2) is 4.79 Å². The minimum Gasteiger partial charge on any atom is -0.464 e. The maximum atomic E-state index is 10.5. The lowest BCUT2D eigenvalue weighted by atomic mass is 10.2. The van der Waals surface area contributed by atoms with E-state index >= 15 is 0 Å². The fraction of sp³-hybridized carbons (Fsp3) is 0.667. The maximum Gasteiger partial charge on any atom is 0.342 e. The molecule has 0 amide bonds. The molecule has 64 valence electrons. The van der Waals surface area contributed by atoms with Crippen LogP contribution in [0.5, 0.6) is 0 Å². The van der Waals surface area contributed by atoms with Gasteiger partial charge in [-0.05, 0) is 6.92 Å². The number of aliphatic hydroxyl groups excluding tert-OH is 2. The van der Waals surface area contributed by atoms with Crippen LogP contribution in [0, 0.1) is 0 Å². The molecule has 0 spiro atoms. The van der Waals surface area contributed by atoms with Crippen molar-refractivity contribution in [2.24, 2.45) is 0 Å². The molecule has 0 aromatic rings. The van der Waals surface area contributed by atoms with E-state index in [1.54, 1.807) is 6.92 Å². The van der Waals surface area contributed by atoms with Gasteiger partial charge in [0.25, 0.3) is 0 Å². The Labute approximate surface area is 63.6 Å². The lowest BCUT2D eigenvalue weighted by Gasteiger charge is -2.05. The van der Waals surface area contributed by atoms with Crippen molar-refractivity contribution >= 4 is 11.8 Å². The van der Waals surface area contributed by atoms with Gasteiger partial charge in [-0.1, -0.05) is 0 Å². The van der Waals surface area contributed by atoms with Crippen LogP contribution in [0.2, 0.25) is 0 Å². The number of ether oxygens (including phenoxy) is 1. The lowest BCUT2D eigenvalue weighted by molar-refractivity contribution is -0.158. The van der Waals surface area contributed by atoms with Crippen molar-refractivity contribution in [3.63, 3.8) is 0 Å². The summed E-state index contributed by atoms with van der Waals surface area (Å²) in [6.45, 7) is 0.780. The summed E-state index contributed by atoms with van der Waals surface area (Å²) in [5, 5.41) is 16.9. The average Bonchev–Trinajstić information content (AvgIpc) is 2.02. The van der Waals surface area contributed by atoms with Gasteiger partial charge in [-0.2, -0.15) is 0 Å². The minimum atomic E-state index is -1.85. The summed E-state index contributed by atoms with van der Waals surface area (Å²) in [7, 11) is 0. The van der Waals surface area contributed by atoms with Gasteiger partial charge in [0.15, 0.2) is 5.78 Å². The first-order valence-corrected chi connectivity index (χ1v) is 3.11. The molecule has 5 heteroatoms. The Bertz CT molecular complexity index is 153. The fourth-order valence-electron chi connectivity index (χ4n) is 0.439. The Morgan fingerprint density at radius 2 is 2.09 bits per heavy atom. The minimum absolute atomic E-state index is 0.0919. The summed E-state index contributed by atoms with van der Waals surface area (Å²) in [6.07, 6.45) is -1.85. The van der Waals surface area contributed by atoms with Crippen molar-refractivity contribution in [3.8, 4) is 0 Å². The topological polar surface area (TPSA) is 83.8 Å². The van der Waals surface area contributed by atoms with Gasteiger partial charge in [0, 0.05) is 0 Å². The van der Waals surface area contributed by atoms with Crippen LogP contribution in [0.3, 0.4) is 0 Å². The number of carbonyl (C=O) groups excluding carboxylic acids is 2. The highest BCUT2D eigenvalue weighted by Crippen LogP contribution is 1.89. The molecular weight excluding hydrogens is 152 g/mol. The molecule has 0 bridgehead atoms. The quantitative estimate of drug-likeness (QED) is 0.387. The highest BCUT2D eigenvalue weighted by Gasteiger charge is 2.23. The summed E-state index contributed by atoms with van der Waals surface area (Å²) >= 11 is 0. The molecule has 0 aliphatic carbocycles. The SMILES string of the molecule is CCOC(=O)C(O)C(=O)CO. The maximum absolute atomic E-state index is 10.5. The number of rotatable bonds is 4. The molecule has 1 unspecified atom stereocenters. The van der Waals surface area contributed by atoms with Crippen molar-refractivity contribution in [3.05, 3.63) is 0 Å². The average molecular weight is 162 g/mol. The standard InChI is InChI=1S/C6H10O5/c1-2-11-6(10)5(9)4(8)3-7/h5,7,9H,2-3H2,1H3. The Morgan fingerprint density at radius 1 is 1.55 bits per heavy atom.